The molecule has 1 saturated heterocycles. The maximum atomic E-state index is 9.94. The Balaban J connectivity index is 1.91. The number of carboxylic acid groups (broad SMARTS) is 1. The van der Waals surface area contributed by atoms with Crippen molar-refractivity contribution in [3.8, 4) is 0 Å². The van der Waals surface area contributed by atoms with Crippen LogP contribution in [0.4, 0.5) is 4.79 Å². The highest BCUT2D eigenvalue weighted by Gasteiger charge is 2.14. The van der Waals surface area contributed by atoms with Gasteiger partial charge in [0.1, 0.15) is 0 Å². The number of hydrogen-bond donors (Lipinski definition) is 1. The average molecular weight is 174 g/mol. The van der Waals surface area contributed by atoms with Crippen molar-refractivity contribution < 1.29 is 19.4 Å². The van der Waals surface area contributed by atoms with Crippen LogP contribution in [0.1, 0.15) is 25.7 Å². The molecule has 1 unspecified atom stereocenters. The molecule has 4 heteroatoms. The van der Waals surface area contributed by atoms with E-state index >= 15 is 0 Å². The molecule has 1 aliphatic rings. The third-order valence-electron chi connectivity index (χ3n) is 1.92. The van der Waals surface area contributed by atoms with E-state index in [4.69, 9.17) is 9.84 Å². The first-order valence-corrected chi connectivity index (χ1v) is 4.26. The van der Waals surface area contributed by atoms with Crippen LogP contribution in [0.3, 0.4) is 0 Å². The smallest absolute Gasteiger partial charge is 0.450 e. The number of rotatable bonds is 4. The van der Waals surface area contributed by atoms with E-state index in [-0.39, 0.29) is 6.61 Å². The Morgan fingerprint density at radius 1 is 1.67 bits per heavy atom. The molecule has 4 nitrogen and oxygen atoms in total. The van der Waals surface area contributed by atoms with Crippen LogP contribution in [0.2, 0.25) is 0 Å². The summed E-state index contributed by atoms with van der Waals surface area (Å²) in [4.78, 5) is 9.94. The lowest BCUT2D eigenvalue weighted by Crippen LogP contribution is -2.08. The predicted octanol–water partition coefficient (Wildman–Crippen LogP) is 1.64. The van der Waals surface area contributed by atoms with Crippen molar-refractivity contribution in [2.45, 2.75) is 31.8 Å². The Kier molecular flexibility index (Phi) is 3.87. The molecule has 0 spiro atoms. The van der Waals surface area contributed by atoms with Crippen LogP contribution < -0.4 is 0 Å². The van der Waals surface area contributed by atoms with Gasteiger partial charge in [0.05, 0.1) is 12.7 Å². The second kappa shape index (κ2) is 4.98. The van der Waals surface area contributed by atoms with Crippen LogP contribution in [-0.4, -0.2) is 30.6 Å². The molecule has 70 valence electrons. The lowest BCUT2D eigenvalue weighted by molar-refractivity contribution is 0.0737. The summed E-state index contributed by atoms with van der Waals surface area (Å²) in [7, 11) is 0. The molecule has 1 rings (SSSR count). The van der Waals surface area contributed by atoms with Crippen LogP contribution in [0.25, 0.3) is 0 Å². The lowest BCUT2D eigenvalue weighted by atomic mass is 10.1. The fourth-order valence-corrected chi connectivity index (χ4v) is 1.34. The van der Waals surface area contributed by atoms with Gasteiger partial charge in [0.25, 0.3) is 0 Å². The molecule has 12 heavy (non-hydrogen) atoms. The zero-order valence-corrected chi connectivity index (χ0v) is 6.99. The van der Waals surface area contributed by atoms with Gasteiger partial charge in [-0.05, 0) is 25.7 Å². The van der Waals surface area contributed by atoms with Gasteiger partial charge in [-0.25, -0.2) is 4.79 Å². The molecule has 0 radical (unpaired) electrons. The van der Waals surface area contributed by atoms with Crippen molar-refractivity contribution >= 4 is 6.16 Å². The van der Waals surface area contributed by atoms with Crippen LogP contribution in [-0.2, 0) is 9.47 Å². The van der Waals surface area contributed by atoms with Crippen LogP contribution in [0.15, 0.2) is 0 Å². The SMILES string of the molecule is O=C(O)OCCCC1CCCO1. The first-order chi connectivity index (χ1) is 5.79. The highest BCUT2D eigenvalue weighted by atomic mass is 16.7. The van der Waals surface area contributed by atoms with Gasteiger partial charge in [-0.3, -0.25) is 0 Å². The van der Waals surface area contributed by atoms with Crippen molar-refractivity contribution in [2.75, 3.05) is 13.2 Å². The first kappa shape index (κ1) is 9.32. The molecule has 0 aromatic heterocycles. The molecule has 1 fully saturated rings. The van der Waals surface area contributed by atoms with Gasteiger partial charge in [0, 0.05) is 6.61 Å². The number of hydrogen-bond acceptors (Lipinski definition) is 3. The molecule has 1 heterocycles. The van der Waals surface area contributed by atoms with E-state index in [2.05, 4.69) is 4.74 Å². The van der Waals surface area contributed by atoms with Gasteiger partial charge in [-0.15, -0.1) is 0 Å². The maximum Gasteiger partial charge on any atom is 0.505 e. The van der Waals surface area contributed by atoms with Crippen molar-refractivity contribution in [2.24, 2.45) is 0 Å². The minimum atomic E-state index is -1.19. The van der Waals surface area contributed by atoms with E-state index < -0.39 is 6.16 Å². The molecule has 0 aromatic carbocycles. The third-order valence-corrected chi connectivity index (χ3v) is 1.92. The Morgan fingerprint density at radius 2 is 2.50 bits per heavy atom. The van der Waals surface area contributed by atoms with Crippen LogP contribution >= 0.6 is 0 Å². The van der Waals surface area contributed by atoms with Crippen LogP contribution in [0, 0.1) is 0 Å². The lowest BCUT2D eigenvalue weighted by Gasteiger charge is -2.07. The third kappa shape index (κ3) is 3.57. The molecule has 1 aliphatic heterocycles. The largest absolute Gasteiger partial charge is 0.505 e. The van der Waals surface area contributed by atoms with Crippen molar-refractivity contribution in [3.63, 3.8) is 0 Å². The monoisotopic (exact) mass is 174 g/mol. The summed E-state index contributed by atoms with van der Waals surface area (Å²) in [6, 6.07) is 0. The second-order valence-electron chi connectivity index (χ2n) is 2.89. The van der Waals surface area contributed by atoms with Crippen LogP contribution in [0.5, 0.6) is 0 Å². The van der Waals surface area contributed by atoms with E-state index in [1.807, 2.05) is 0 Å². The minimum absolute atomic E-state index is 0.287. The van der Waals surface area contributed by atoms with E-state index in [9.17, 15) is 4.79 Å². The molecule has 1 atom stereocenters. The normalized spacial score (nSPS) is 22.5. The summed E-state index contributed by atoms with van der Waals surface area (Å²) in [5.41, 5.74) is 0. The summed E-state index contributed by atoms with van der Waals surface area (Å²) in [5.74, 6) is 0. The minimum Gasteiger partial charge on any atom is -0.450 e. The molecule has 0 saturated carbocycles. The van der Waals surface area contributed by atoms with E-state index in [1.165, 1.54) is 0 Å². The Bertz CT molecular complexity index is 140. The Labute approximate surface area is 71.5 Å². The summed E-state index contributed by atoms with van der Waals surface area (Å²) >= 11 is 0. The van der Waals surface area contributed by atoms with Gasteiger partial charge in [-0.2, -0.15) is 0 Å². The van der Waals surface area contributed by atoms with E-state index in [0.29, 0.717) is 6.10 Å². The van der Waals surface area contributed by atoms with E-state index in [0.717, 1.165) is 32.3 Å². The van der Waals surface area contributed by atoms with Gasteiger partial charge in [0.2, 0.25) is 0 Å². The molecule has 1 N–H and O–H groups in total. The van der Waals surface area contributed by atoms with Crippen molar-refractivity contribution in [1.29, 1.82) is 0 Å². The topological polar surface area (TPSA) is 55.8 Å². The van der Waals surface area contributed by atoms with Crippen molar-refractivity contribution in [3.05, 3.63) is 0 Å². The maximum absolute atomic E-state index is 9.94. The average Bonchev–Trinajstić information content (AvgIpc) is 2.49. The number of ether oxygens (including phenoxy) is 2. The van der Waals surface area contributed by atoms with Gasteiger partial charge in [0.15, 0.2) is 0 Å². The summed E-state index contributed by atoms with van der Waals surface area (Å²) in [6.07, 6.45) is 3.05. The second-order valence-corrected chi connectivity index (χ2v) is 2.89. The Morgan fingerprint density at radius 3 is 3.08 bits per heavy atom. The number of carbonyl (C=O) groups is 1. The predicted molar refractivity (Wildman–Crippen MR) is 42.2 cm³/mol. The highest BCUT2D eigenvalue weighted by Crippen LogP contribution is 2.16. The molecular formula is C8H14O4. The quantitative estimate of drug-likeness (QED) is 0.520. The first-order valence-electron chi connectivity index (χ1n) is 4.26. The van der Waals surface area contributed by atoms with Gasteiger partial charge in [-0.1, -0.05) is 0 Å². The molecule has 0 aromatic rings. The molecule has 0 amide bonds. The molecular weight excluding hydrogens is 160 g/mol. The summed E-state index contributed by atoms with van der Waals surface area (Å²) in [6.45, 7) is 1.14. The van der Waals surface area contributed by atoms with Gasteiger partial charge < -0.3 is 14.6 Å². The Hall–Kier alpha value is -0.770. The van der Waals surface area contributed by atoms with Crippen molar-refractivity contribution in [1.82, 2.24) is 0 Å². The zero-order chi connectivity index (χ0) is 8.81. The zero-order valence-electron chi connectivity index (χ0n) is 6.99. The van der Waals surface area contributed by atoms with Gasteiger partial charge >= 0.3 is 6.16 Å². The standard InChI is InChI=1S/C8H14O4/c9-8(10)12-6-2-4-7-3-1-5-11-7/h7H,1-6H2,(H,9,10). The fraction of sp³-hybridized carbons (Fsp3) is 0.875. The summed E-state index contributed by atoms with van der Waals surface area (Å²) < 4.78 is 9.72. The van der Waals surface area contributed by atoms with E-state index in [1.54, 1.807) is 0 Å². The molecule has 0 aliphatic carbocycles. The molecule has 0 bridgehead atoms. The fourth-order valence-electron chi connectivity index (χ4n) is 1.34. The summed E-state index contributed by atoms with van der Waals surface area (Å²) in [5, 5.41) is 8.15. The highest BCUT2D eigenvalue weighted by molar-refractivity contribution is 5.56.